The highest BCUT2D eigenvalue weighted by Gasteiger charge is 2.28. The number of hydrogen-bond acceptors (Lipinski definition) is 2. The Balaban J connectivity index is 2.38. The van der Waals surface area contributed by atoms with Crippen LogP contribution in [0.15, 0.2) is 0 Å². The summed E-state index contributed by atoms with van der Waals surface area (Å²) < 4.78 is 5.49. The molecular formula is C11H23NO. The van der Waals surface area contributed by atoms with Gasteiger partial charge in [0.05, 0.1) is 6.10 Å². The largest absolute Gasteiger partial charge is 0.381 e. The van der Waals surface area contributed by atoms with Crippen molar-refractivity contribution in [2.24, 2.45) is 17.6 Å². The van der Waals surface area contributed by atoms with Crippen LogP contribution in [0.5, 0.6) is 0 Å². The number of methoxy groups -OCH3 is 1. The fourth-order valence-corrected chi connectivity index (χ4v) is 2.50. The molecule has 78 valence electrons. The molecule has 3 atom stereocenters. The fourth-order valence-electron chi connectivity index (χ4n) is 2.50. The Hall–Kier alpha value is -0.0800. The molecule has 2 N–H and O–H groups in total. The maximum atomic E-state index is 5.71. The molecule has 0 radical (unpaired) electrons. The summed E-state index contributed by atoms with van der Waals surface area (Å²) in [4.78, 5) is 0. The van der Waals surface area contributed by atoms with E-state index in [9.17, 15) is 0 Å². The molecule has 1 aliphatic carbocycles. The first kappa shape index (κ1) is 11.0. The molecule has 1 saturated carbocycles. The lowest BCUT2D eigenvalue weighted by atomic mass is 9.78. The minimum atomic E-state index is 0.426. The van der Waals surface area contributed by atoms with Gasteiger partial charge in [-0.25, -0.2) is 0 Å². The van der Waals surface area contributed by atoms with Crippen LogP contribution < -0.4 is 5.73 Å². The molecule has 0 aromatic carbocycles. The molecule has 0 saturated heterocycles. The zero-order valence-electron chi connectivity index (χ0n) is 8.96. The number of hydrogen-bond donors (Lipinski definition) is 1. The Morgan fingerprint density at radius 3 is 2.69 bits per heavy atom. The summed E-state index contributed by atoms with van der Waals surface area (Å²) in [7, 11) is 1.82. The van der Waals surface area contributed by atoms with Crippen molar-refractivity contribution in [2.45, 2.75) is 45.1 Å². The summed E-state index contributed by atoms with van der Waals surface area (Å²) in [6.45, 7) is 3.05. The smallest absolute Gasteiger partial charge is 0.0614 e. The van der Waals surface area contributed by atoms with E-state index in [1.165, 1.54) is 32.1 Å². The molecule has 2 heteroatoms. The number of rotatable bonds is 4. The first-order chi connectivity index (χ1) is 6.31. The lowest BCUT2D eigenvalue weighted by Gasteiger charge is -2.34. The van der Waals surface area contributed by atoms with Crippen LogP contribution in [0.2, 0.25) is 0 Å². The zero-order valence-corrected chi connectivity index (χ0v) is 8.96. The summed E-state index contributed by atoms with van der Waals surface area (Å²) in [6, 6.07) is 0. The van der Waals surface area contributed by atoms with E-state index in [4.69, 9.17) is 10.5 Å². The summed E-state index contributed by atoms with van der Waals surface area (Å²) in [5, 5.41) is 0. The van der Waals surface area contributed by atoms with Crippen molar-refractivity contribution in [3.63, 3.8) is 0 Å². The number of nitrogens with two attached hydrogens (primary N) is 1. The van der Waals surface area contributed by atoms with Crippen LogP contribution in [-0.2, 0) is 4.74 Å². The monoisotopic (exact) mass is 185 g/mol. The van der Waals surface area contributed by atoms with E-state index in [2.05, 4.69) is 6.92 Å². The van der Waals surface area contributed by atoms with Gasteiger partial charge in [0, 0.05) is 7.11 Å². The second-order valence-electron chi connectivity index (χ2n) is 4.24. The molecular weight excluding hydrogens is 162 g/mol. The zero-order chi connectivity index (χ0) is 9.68. The second kappa shape index (κ2) is 5.61. The molecule has 0 aliphatic heterocycles. The van der Waals surface area contributed by atoms with Crippen molar-refractivity contribution >= 4 is 0 Å². The van der Waals surface area contributed by atoms with E-state index in [1.54, 1.807) is 0 Å². The van der Waals surface area contributed by atoms with Gasteiger partial charge < -0.3 is 10.5 Å². The van der Waals surface area contributed by atoms with Crippen molar-refractivity contribution in [1.29, 1.82) is 0 Å². The van der Waals surface area contributed by atoms with Crippen LogP contribution in [0.25, 0.3) is 0 Å². The second-order valence-corrected chi connectivity index (χ2v) is 4.24. The van der Waals surface area contributed by atoms with E-state index in [-0.39, 0.29) is 0 Å². The maximum Gasteiger partial charge on any atom is 0.0614 e. The molecule has 13 heavy (non-hydrogen) atoms. The third-order valence-electron chi connectivity index (χ3n) is 3.34. The van der Waals surface area contributed by atoms with E-state index < -0.39 is 0 Å². The lowest BCUT2D eigenvalue weighted by molar-refractivity contribution is 0.00650. The van der Waals surface area contributed by atoms with E-state index in [0.717, 1.165) is 12.5 Å². The molecule has 0 aromatic rings. The van der Waals surface area contributed by atoms with Crippen molar-refractivity contribution in [3.8, 4) is 0 Å². The highest BCUT2D eigenvalue weighted by atomic mass is 16.5. The quantitative estimate of drug-likeness (QED) is 0.728. The molecule has 0 bridgehead atoms. The molecule has 2 nitrogen and oxygen atoms in total. The van der Waals surface area contributed by atoms with Crippen molar-refractivity contribution in [1.82, 2.24) is 0 Å². The summed E-state index contributed by atoms with van der Waals surface area (Å²) in [5.74, 6) is 1.50. The molecule has 1 fully saturated rings. The SMILES string of the molecule is CCCC1CCC(CN)C(OC)C1. The predicted molar refractivity (Wildman–Crippen MR) is 55.6 cm³/mol. The van der Waals surface area contributed by atoms with Gasteiger partial charge in [-0.15, -0.1) is 0 Å². The molecule has 0 aromatic heterocycles. The van der Waals surface area contributed by atoms with Crippen LogP contribution in [0, 0.1) is 11.8 Å². The van der Waals surface area contributed by atoms with Gasteiger partial charge in [-0.3, -0.25) is 0 Å². The third kappa shape index (κ3) is 2.96. The molecule has 0 amide bonds. The van der Waals surface area contributed by atoms with Crippen molar-refractivity contribution in [3.05, 3.63) is 0 Å². The first-order valence-electron chi connectivity index (χ1n) is 5.54. The van der Waals surface area contributed by atoms with Gasteiger partial charge in [0.1, 0.15) is 0 Å². The van der Waals surface area contributed by atoms with Gasteiger partial charge in [0.2, 0.25) is 0 Å². The van der Waals surface area contributed by atoms with E-state index >= 15 is 0 Å². The predicted octanol–water partition coefficient (Wildman–Crippen LogP) is 2.18. The topological polar surface area (TPSA) is 35.2 Å². The molecule has 0 spiro atoms. The average molecular weight is 185 g/mol. The van der Waals surface area contributed by atoms with Crippen LogP contribution in [-0.4, -0.2) is 19.8 Å². The lowest BCUT2D eigenvalue weighted by Crippen LogP contribution is -2.35. The fraction of sp³-hybridized carbons (Fsp3) is 1.00. The van der Waals surface area contributed by atoms with Crippen LogP contribution in [0.4, 0.5) is 0 Å². The summed E-state index contributed by atoms with van der Waals surface area (Å²) in [6.07, 6.45) is 6.93. The maximum absolute atomic E-state index is 5.71. The highest BCUT2D eigenvalue weighted by Crippen LogP contribution is 2.32. The molecule has 3 unspecified atom stereocenters. The van der Waals surface area contributed by atoms with Crippen molar-refractivity contribution in [2.75, 3.05) is 13.7 Å². The summed E-state index contributed by atoms with van der Waals surface area (Å²) >= 11 is 0. The molecule has 1 aliphatic rings. The van der Waals surface area contributed by atoms with Gasteiger partial charge in [0.25, 0.3) is 0 Å². The van der Waals surface area contributed by atoms with Crippen LogP contribution >= 0.6 is 0 Å². The Labute approximate surface area is 81.8 Å². The first-order valence-corrected chi connectivity index (χ1v) is 5.54. The Morgan fingerprint density at radius 1 is 1.38 bits per heavy atom. The van der Waals surface area contributed by atoms with Crippen LogP contribution in [0.3, 0.4) is 0 Å². The van der Waals surface area contributed by atoms with Gasteiger partial charge in [-0.2, -0.15) is 0 Å². The molecule has 1 rings (SSSR count). The van der Waals surface area contributed by atoms with E-state index in [0.29, 0.717) is 12.0 Å². The summed E-state index contributed by atoms with van der Waals surface area (Å²) in [5.41, 5.74) is 5.71. The average Bonchev–Trinajstić information content (AvgIpc) is 2.18. The minimum Gasteiger partial charge on any atom is -0.381 e. The number of ether oxygens (including phenoxy) is 1. The standard InChI is InChI=1S/C11H23NO/c1-3-4-9-5-6-10(8-12)11(7-9)13-2/h9-11H,3-8,12H2,1-2H3. The Morgan fingerprint density at radius 2 is 2.15 bits per heavy atom. The van der Waals surface area contributed by atoms with Gasteiger partial charge >= 0.3 is 0 Å². The van der Waals surface area contributed by atoms with Crippen molar-refractivity contribution < 1.29 is 4.74 Å². The van der Waals surface area contributed by atoms with Gasteiger partial charge in [-0.1, -0.05) is 19.8 Å². The van der Waals surface area contributed by atoms with E-state index in [1.807, 2.05) is 7.11 Å². The van der Waals surface area contributed by atoms with Gasteiger partial charge in [0.15, 0.2) is 0 Å². The third-order valence-corrected chi connectivity index (χ3v) is 3.34. The van der Waals surface area contributed by atoms with Gasteiger partial charge in [-0.05, 0) is 37.6 Å². The molecule has 0 heterocycles. The highest BCUT2D eigenvalue weighted by molar-refractivity contribution is 4.81. The minimum absolute atomic E-state index is 0.426. The normalized spacial score (nSPS) is 34.8. The van der Waals surface area contributed by atoms with Crippen LogP contribution in [0.1, 0.15) is 39.0 Å². The Kier molecular flexibility index (Phi) is 4.74. The Bertz CT molecular complexity index is 138.